The fraction of sp³-hybridized carbons (Fsp3) is 0.421. The zero-order chi connectivity index (χ0) is 18.4. The highest BCUT2D eigenvalue weighted by Gasteiger charge is 2.34. The molecule has 5 nitrogen and oxygen atoms in total. The summed E-state index contributed by atoms with van der Waals surface area (Å²) in [5.41, 5.74) is 0.382. The summed E-state index contributed by atoms with van der Waals surface area (Å²) in [7, 11) is -3.62. The third kappa shape index (κ3) is 3.95. The number of benzene rings is 2. The largest absolute Gasteiger partial charge is 0.362 e. The fourth-order valence-electron chi connectivity index (χ4n) is 2.91. The van der Waals surface area contributed by atoms with E-state index in [-0.39, 0.29) is 19.1 Å². The Morgan fingerprint density at radius 1 is 0.960 bits per heavy atom. The highest BCUT2D eigenvalue weighted by molar-refractivity contribution is 7.63. The summed E-state index contributed by atoms with van der Waals surface area (Å²) in [5, 5.41) is 1.99. The van der Waals surface area contributed by atoms with E-state index in [0.29, 0.717) is 24.0 Å². The number of hydrogen-bond donors (Lipinski definition) is 0. The lowest BCUT2D eigenvalue weighted by molar-refractivity contribution is 0.0773. The van der Waals surface area contributed by atoms with E-state index in [9.17, 15) is 9.36 Å². The molecule has 2 aromatic carbocycles. The Hall–Kier alpha value is -1.68. The predicted octanol–water partition coefficient (Wildman–Crippen LogP) is 4.21. The Bertz CT molecular complexity index is 776. The van der Waals surface area contributed by atoms with Gasteiger partial charge in [0.25, 0.3) is 5.91 Å². The molecule has 0 aliphatic heterocycles. The van der Waals surface area contributed by atoms with Crippen LogP contribution in [0.25, 0.3) is 10.8 Å². The van der Waals surface area contributed by atoms with E-state index in [1.54, 1.807) is 24.8 Å². The van der Waals surface area contributed by atoms with Gasteiger partial charge < -0.3 is 13.9 Å². The van der Waals surface area contributed by atoms with Gasteiger partial charge in [-0.25, -0.2) is 0 Å². The predicted molar refractivity (Wildman–Crippen MR) is 102 cm³/mol. The molecule has 136 valence electrons. The number of amides is 1. The van der Waals surface area contributed by atoms with E-state index in [1.165, 1.54) is 0 Å². The molecule has 0 aromatic heterocycles. The van der Waals surface area contributed by atoms with Crippen molar-refractivity contribution in [3.63, 3.8) is 0 Å². The normalized spacial score (nSPS) is 11.7. The van der Waals surface area contributed by atoms with Crippen LogP contribution in [0.4, 0.5) is 0 Å². The van der Waals surface area contributed by atoms with E-state index < -0.39 is 7.60 Å². The number of hydrogen-bond acceptors (Lipinski definition) is 4. The first-order valence-electron chi connectivity index (χ1n) is 8.73. The van der Waals surface area contributed by atoms with E-state index in [4.69, 9.17) is 9.05 Å². The highest BCUT2D eigenvalue weighted by atomic mass is 31.2. The second-order valence-corrected chi connectivity index (χ2v) is 7.45. The summed E-state index contributed by atoms with van der Waals surface area (Å²) < 4.78 is 24.7. The molecule has 0 radical (unpaired) electrons. The van der Waals surface area contributed by atoms with Crippen LogP contribution in [0.1, 0.15) is 38.1 Å². The number of rotatable bonds is 8. The van der Waals surface area contributed by atoms with Gasteiger partial charge in [-0.1, -0.05) is 30.3 Å². The topological polar surface area (TPSA) is 55.8 Å². The molecule has 1 amide bonds. The molecule has 0 heterocycles. The number of carbonyl (C=O) groups excluding carboxylic acids is 1. The SMILES string of the molecule is CCOP(=O)(OCC)c1c(C(=O)N(CC)CC)ccc2ccccc12. The number of nitrogens with zero attached hydrogens (tertiary/aromatic N) is 1. The van der Waals surface area contributed by atoms with Crippen LogP contribution in [0, 0.1) is 0 Å². The second kappa shape index (κ2) is 8.61. The van der Waals surface area contributed by atoms with E-state index in [2.05, 4.69) is 0 Å². The minimum absolute atomic E-state index is 0.162. The van der Waals surface area contributed by atoms with Crippen LogP contribution in [0.3, 0.4) is 0 Å². The first-order valence-corrected chi connectivity index (χ1v) is 10.3. The molecule has 6 heteroatoms. The molecule has 25 heavy (non-hydrogen) atoms. The summed E-state index contributed by atoms with van der Waals surface area (Å²) in [6.45, 7) is 9.01. The van der Waals surface area contributed by atoms with Gasteiger partial charge in [0, 0.05) is 13.1 Å². The molecule has 0 spiro atoms. The number of carbonyl (C=O) groups is 1. The van der Waals surface area contributed by atoms with Gasteiger partial charge in [0.15, 0.2) is 0 Å². The van der Waals surface area contributed by atoms with Crippen LogP contribution in [-0.4, -0.2) is 37.1 Å². The van der Waals surface area contributed by atoms with Crippen LogP contribution in [0.15, 0.2) is 36.4 Å². The highest BCUT2D eigenvalue weighted by Crippen LogP contribution is 2.49. The zero-order valence-electron chi connectivity index (χ0n) is 15.3. The molecule has 0 saturated heterocycles. The second-order valence-electron chi connectivity index (χ2n) is 5.49. The Morgan fingerprint density at radius 2 is 1.56 bits per heavy atom. The molecule has 0 N–H and O–H groups in total. The average Bonchev–Trinajstić information content (AvgIpc) is 2.62. The lowest BCUT2D eigenvalue weighted by atomic mass is 10.1. The van der Waals surface area contributed by atoms with Crippen molar-refractivity contribution in [3.05, 3.63) is 42.0 Å². The standard InChI is InChI=1S/C19H26NO4P/c1-5-20(6-2)19(21)17-14-13-15-11-9-10-12-16(15)18(17)25(22,23-7-3)24-8-4/h9-14H,5-8H2,1-4H3. The van der Waals surface area contributed by atoms with Crippen molar-refractivity contribution in [3.8, 4) is 0 Å². The van der Waals surface area contributed by atoms with Gasteiger partial charge in [-0.2, -0.15) is 0 Å². The quantitative estimate of drug-likeness (QED) is 0.659. The summed E-state index contributed by atoms with van der Waals surface area (Å²) in [6.07, 6.45) is 0. The van der Waals surface area contributed by atoms with Crippen LogP contribution >= 0.6 is 7.60 Å². The lowest BCUT2D eigenvalue weighted by Crippen LogP contribution is -2.34. The van der Waals surface area contributed by atoms with E-state index in [1.807, 2.05) is 44.2 Å². The molecule has 2 aromatic rings. The third-order valence-electron chi connectivity index (χ3n) is 4.05. The van der Waals surface area contributed by atoms with E-state index in [0.717, 1.165) is 10.8 Å². The smallest absolute Gasteiger partial charge is 0.339 e. The van der Waals surface area contributed by atoms with Crippen LogP contribution in [0.2, 0.25) is 0 Å². The first kappa shape index (κ1) is 19.6. The van der Waals surface area contributed by atoms with Crippen molar-refractivity contribution >= 4 is 29.6 Å². The van der Waals surface area contributed by atoms with Gasteiger partial charge in [0.1, 0.15) is 0 Å². The molecule has 0 aliphatic carbocycles. The van der Waals surface area contributed by atoms with Crippen LogP contribution in [-0.2, 0) is 13.6 Å². The molecule has 0 aliphatic rings. The maximum Gasteiger partial charge on any atom is 0.362 e. The molecular weight excluding hydrogens is 337 g/mol. The minimum atomic E-state index is -3.62. The summed E-state index contributed by atoms with van der Waals surface area (Å²) in [5.74, 6) is -0.162. The van der Waals surface area contributed by atoms with Gasteiger partial charge in [0.05, 0.1) is 24.1 Å². The molecule has 0 bridgehead atoms. The first-order chi connectivity index (χ1) is 12.0. The number of fused-ring (bicyclic) bond motifs is 1. The van der Waals surface area contributed by atoms with Gasteiger partial charge in [-0.05, 0) is 44.5 Å². The summed E-state index contributed by atoms with van der Waals surface area (Å²) >= 11 is 0. The zero-order valence-corrected chi connectivity index (χ0v) is 16.2. The van der Waals surface area contributed by atoms with Gasteiger partial charge >= 0.3 is 7.60 Å². The molecule has 0 unspecified atom stereocenters. The fourth-order valence-corrected chi connectivity index (χ4v) is 4.89. The summed E-state index contributed by atoms with van der Waals surface area (Å²) in [4.78, 5) is 14.7. The molecule has 2 rings (SSSR count). The summed E-state index contributed by atoms with van der Waals surface area (Å²) in [6, 6.07) is 11.1. The average molecular weight is 363 g/mol. The molecule has 0 fully saturated rings. The maximum atomic E-state index is 13.5. The van der Waals surface area contributed by atoms with Crippen molar-refractivity contribution in [2.24, 2.45) is 0 Å². The Kier molecular flexibility index (Phi) is 6.77. The van der Waals surface area contributed by atoms with Crippen molar-refractivity contribution < 1.29 is 18.4 Å². The minimum Gasteiger partial charge on any atom is -0.339 e. The Morgan fingerprint density at radius 3 is 2.12 bits per heavy atom. The van der Waals surface area contributed by atoms with Gasteiger partial charge in [0.2, 0.25) is 0 Å². The van der Waals surface area contributed by atoms with Crippen molar-refractivity contribution in [1.29, 1.82) is 0 Å². The maximum absolute atomic E-state index is 13.5. The van der Waals surface area contributed by atoms with Crippen LogP contribution < -0.4 is 5.30 Å². The van der Waals surface area contributed by atoms with Crippen molar-refractivity contribution in [2.75, 3.05) is 26.3 Å². The van der Waals surface area contributed by atoms with Crippen molar-refractivity contribution in [1.82, 2.24) is 4.90 Å². The van der Waals surface area contributed by atoms with Crippen molar-refractivity contribution in [2.45, 2.75) is 27.7 Å². The third-order valence-corrected chi connectivity index (χ3v) is 6.28. The molecule has 0 saturated carbocycles. The van der Waals surface area contributed by atoms with Crippen LogP contribution in [0.5, 0.6) is 0 Å². The monoisotopic (exact) mass is 363 g/mol. The van der Waals surface area contributed by atoms with E-state index >= 15 is 0 Å². The Balaban J connectivity index is 2.78. The lowest BCUT2D eigenvalue weighted by Gasteiger charge is -2.25. The van der Waals surface area contributed by atoms with Gasteiger partial charge in [-0.15, -0.1) is 0 Å². The molecular formula is C19H26NO4P. The molecule has 0 atom stereocenters. The van der Waals surface area contributed by atoms with Gasteiger partial charge in [-0.3, -0.25) is 9.36 Å². The Labute approximate surface area is 149 Å².